The quantitative estimate of drug-likeness (QED) is 0.228. The van der Waals surface area contributed by atoms with Crippen molar-refractivity contribution in [2.24, 2.45) is 0 Å². The van der Waals surface area contributed by atoms with Gasteiger partial charge in [0.1, 0.15) is 6.54 Å². The third-order valence-corrected chi connectivity index (χ3v) is 6.57. The van der Waals surface area contributed by atoms with Gasteiger partial charge in [0.15, 0.2) is 4.34 Å². The van der Waals surface area contributed by atoms with Crippen LogP contribution in [0.2, 0.25) is 0 Å². The van der Waals surface area contributed by atoms with Gasteiger partial charge in [0.25, 0.3) is 11.8 Å². The van der Waals surface area contributed by atoms with Crippen LogP contribution in [0.4, 0.5) is 5.69 Å². The number of anilines is 1. The molecule has 10 heteroatoms. The molecule has 1 aliphatic rings. The van der Waals surface area contributed by atoms with Gasteiger partial charge < -0.3 is 14.8 Å². The molecule has 0 unspecified atom stereocenters. The van der Waals surface area contributed by atoms with Gasteiger partial charge in [-0.05, 0) is 30.3 Å². The number of hydrogen-bond acceptors (Lipinski definition) is 8. The van der Waals surface area contributed by atoms with Gasteiger partial charge >= 0.3 is 0 Å². The molecule has 0 bridgehead atoms. The van der Waals surface area contributed by atoms with E-state index in [1.807, 2.05) is 12.1 Å². The molecule has 0 atom stereocenters. The highest BCUT2D eigenvalue weighted by atomic mass is 32.2. The van der Waals surface area contributed by atoms with Gasteiger partial charge in [0.05, 0.1) is 40.5 Å². The third-order valence-electron chi connectivity index (χ3n) is 4.53. The Hall–Kier alpha value is -2.79. The number of hydrogen-bond donors (Lipinski definition) is 1. The number of methoxy groups -OCH3 is 1. The van der Waals surface area contributed by atoms with Crippen molar-refractivity contribution in [3.63, 3.8) is 0 Å². The number of nitrogens with one attached hydrogen (secondary N) is 1. The largest absolute Gasteiger partial charge is 0.382 e. The van der Waals surface area contributed by atoms with Crippen molar-refractivity contribution in [2.45, 2.75) is 4.34 Å². The maximum Gasteiger partial charge on any atom is 0.262 e. The summed E-state index contributed by atoms with van der Waals surface area (Å²) in [6, 6.07) is 11.9. The molecule has 3 amide bonds. The Morgan fingerprint density at radius 2 is 1.87 bits per heavy atom. The molecular weight excluding hydrogens is 438 g/mol. The van der Waals surface area contributed by atoms with Crippen molar-refractivity contribution >= 4 is 56.7 Å². The smallest absolute Gasteiger partial charge is 0.262 e. The van der Waals surface area contributed by atoms with Crippen LogP contribution < -0.4 is 5.32 Å². The number of carbonyl (C=O) groups excluding carboxylic acids is 3. The van der Waals surface area contributed by atoms with Gasteiger partial charge in [-0.15, -0.1) is 11.3 Å². The molecule has 2 heterocycles. The normalized spacial score (nSPS) is 13.1. The maximum absolute atomic E-state index is 12.5. The fourth-order valence-corrected chi connectivity index (χ4v) is 4.91. The summed E-state index contributed by atoms with van der Waals surface area (Å²) in [7, 11) is 1.63. The summed E-state index contributed by atoms with van der Waals surface area (Å²) in [6.45, 7) is 0.731. The number of thioether (sulfide) groups is 1. The molecule has 31 heavy (non-hydrogen) atoms. The second-order valence-corrected chi connectivity index (χ2v) is 8.82. The minimum Gasteiger partial charge on any atom is -0.382 e. The van der Waals surface area contributed by atoms with E-state index < -0.39 is 17.7 Å². The van der Waals surface area contributed by atoms with E-state index in [0.717, 1.165) is 19.5 Å². The number of fused-ring (bicyclic) bond motifs is 2. The van der Waals surface area contributed by atoms with Crippen molar-refractivity contribution in [2.75, 3.05) is 38.1 Å². The number of rotatable bonds is 9. The molecule has 1 N–H and O–H groups in total. The lowest BCUT2D eigenvalue weighted by Gasteiger charge is -2.13. The predicted molar refractivity (Wildman–Crippen MR) is 119 cm³/mol. The van der Waals surface area contributed by atoms with Crippen LogP contribution in [0.1, 0.15) is 20.7 Å². The van der Waals surface area contributed by atoms with E-state index in [1.165, 1.54) is 23.1 Å². The van der Waals surface area contributed by atoms with Crippen LogP contribution in [0.15, 0.2) is 46.8 Å². The molecule has 0 fully saturated rings. The van der Waals surface area contributed by atoms with Crippen LogP contribution in [0.5, 0.6) is 0 Å². The number of amides is 3. The van der Waals surface area contributed by atoms with Crippen LogP contribution in [-0.4, -0.2) is 60.4 Å². The first-order chi connectivity index (χ1) is 15.1. The van der Waals surface area contributed by atoms with Gasteiger partial charge in [0, 0.05) is 12.8 Å². The minimum atomic E-state index is -0.456. The average molecular weight is 458 g/mol. The van der Waals surface area contributed by atoms with Gasteiger partial charge in [-0.1, -0.05) is 23.9 Å². The molecule has 4 rings (SSSR count). The summed E-state index contributed by atoms with van der Waals surface area (Å²) >= 11 is 2.99. The summed E-state index contributed by atoms with van der Waals surface area (Å²) < 4.78 is 12.2. The zero-order chi connectivity index (χ0) is 21.8. The van der Waals surface area contributed by atoms with Crippen LogP contribution in [0.3, 0.4) is 0 Å². The second-order valence-electron chi connectivity index (χ2n) is 6.62. The molecule has 0 saturated carbocycles. The number of ether oxygens (including phenoxy) is 2. The number of nitrogens with zero attached hydrogens (tertiary/aromatic N) is 2. The fraction of sp³-hybridized carbons (Fsp3) is 0.238. The maximum atomic E-state index is 12.5. The molecule has 8 nitrogen and oxygen atoms in total. The highest BCUT2D eigenvalue weighted by molar-refractivity contribution is 8.01. The van der Waals surface area contributed by atoms with Crippen LogP contribution in [0, 0.1) is 0 Å². The Bertz CT molecular complexity index is 1110. The summed E-state index contributed by atoms with van der Waals surface area (Å²) in [5, 5.41) is 2.75. The zero-order valence-electron chi connectivity index (χ0n) is 16.6. The predicted octanol–water partition coefficient (Wildman–Crippen LogP) is 3.24. The Morgan fingerprint density at radius 1 is 1.13 bits per heavy atom. The Morgan fingerprint density at radius 3 is 2.58 bits per heavy atom. The van der Waals surface area contributed by atoms with Crippen LogP contribution in [0.25, 0.3) is 10.2 Å². The number of imide groups is 1. The van der Waals surface area contributed by atoms with E-state index in [-0.39, 0.29) is 6.54 Å². The standard InChI is InChI=1S/C21H19N3O5S2/c1-28-8-9-29-12-30-21-23-16-7-6-13(10-17(16)31-21)22-18(25)11-24-19(26)14-4-2-3-5-15(14)20(24)27/h2-7,10H,8-9,11-12H2,1H3,(H,22,25). The van der Waals surface area contributed by atoms with Gasteiger partial charge in [-0.2, -0.15) is 0 Å². The van der Waals surface area contributed by atoms with Gasteiger partial charge in [0.2, 0.25) is 5.91 Å². The van der Waals surface area contributed by atoms with Crippen molar-refractivity contribution in [3.8, 4) is 0 Å². The van der Waals surface area contributed by atoms with Crippen molar-refractivity contribution in [1.29, 1.82) is 0 Å². The van der Waals surface area contributed by atoms with E-state index in [4.69, 9.17) is 9.47 Å². The molecule has 1 aromatic heterocycles. The lowest BCUT2D eigenvalue weighted by Crippen LogP contribution is -2.37. The molecule has 1 aliphatic heterocycles. The molecule has 0 radical (unpaired) electrons. The van der Waals surface area contributed by atoms with Gasteiger partial charge in [-0.3, -0.25) is 19.3 Å². The summed E-state index contributed by atoms with van der Waals surface area (Å²) in [6.07, 6.45) is 0. The second kappa shape index (κ2) is 9.56. The first-order valence-corrected chi connectivity index (χ1v) is 11.2. The highest BCUT2D eigenvalue weighted by Crippen LogP contribution is 2.31. The summed E-state index contributed by atoms with van der Waals surface area (Å²) in [5.74, 6) is -0.877. The molecule has 3 aromatic rings. The van der Waals surface area contributed by atoms with E-state index in [1.54, 1.807) is 37.4 Å². The monoisotopic (exact) mass is 457 g/mol. The van der Waals surface area contributed by atoms with E-state index in [2.05, 4.69) is 10.3 Å². The number of aromatic nitrogens is 1. The Labute approximate surface area is 186 Å². The molecule has 0 spiro atoms. The summed E-state index contributed by atoms with van der Waals surface area (Å²) in [4.78, 5) is 42.8. The highest BCUT2D eigenvalue weighted by Gasteiger charge is 2.36. The number of carbonyl (C=O) groups is 3. The van der Waals surface area contributed by atoms with E-state index >= 15 is 0 Å². The Kier molecular flexibility index (Phi) is 6.62. The minimum absolute atomic E-state index is 0.322. The number of benzene rings is 2. The van der Waals surface area contributed by atoms with Crippen LogP contribution in [-0.2, 0) is 14.3 Å². The van der Waals surface area contributed by atoms with Crippen molar-refractivity contribution in [3.05, 3.63) is 53.6 Å². The molecule has 160 valence electrons. The SMILES string of the molecule is COCCOCSc1nc2ccc(NC(=O)CN3C(=O)c4ccccc4C3=O)cc2s1. The van der Waals surface area contributed by atoms with Crippen LogP contribution >= 0.6 is 23.1 Å². The van der Waals surface area contributed by atoms with Gasteiger partial charge in [-0.25, -0.2) is 4.98 Å². The van der Waals surface area contributed by atoms with Crippen molar-refractivity contribution in [1.82, 2.24) is 9.88 Å². The lowest BCUT2D eigenvalue weighted by atomic mass is 10.1. The lowest BCUT2D eigenvalue weighted by molar-refractivity contribution is -0.116. The first-order valence-electron chi connectivity index (χ1n) is 9.42. The molecule has 0 aliphatic carbocycles. The van der Waals surface area contributed by atoms with E-state index in [0.29, 0.717) is 36.0 Å². The summed E-state index contributed by atoms with van der Waals surface area (Å²) in [5.41, 5.74) is 2.04. The van der Waals surface area contributed by atoms with Crippen molar-refractivity contribution < 1.29 is 23.9 Å². The topological polar surface area (TPSA) is 97.8 Å². The molecule has 2 aromatic carbocycles. The van der Waals surface area contributed by atoms with E-state index in [9.17, 15) is 14.4 Å². The Balaban J connectivity index is 1.37. The number of thiazole rings is 1. The first kappa shape index (κ1) is 21.4. The molecular formula is C21H19N3O5S2. The average Bonchev–Trinajstić information content (AvgIpc) is 3.27. The fourth-order valence-electron chi connectivity index (χ4n) is 3.06. The third kappa shape index (κ3) is 4.77. The zero-order valence-corrected chi connectivity index (χ0v) is 18.3. The molecule has 0 saturated heterocycles.